The second kappa shape index (κ2) is 7.28. The largest absolute Gasteiger partial charge is 0.333 e. The van der Waals surface area contributed by atoms with Crippen molar-refractivity contribution in [3.05, 3.63) is 35.9 Å². The molecule has 2 N–H and O–H groups in total. The minimum absolute atomic E-state index is 0.162. The highest BCUT2D eigenvalue weighted by Crippen LogP contribution is 2.25. The minimum atomic E-state index is -3.41. The van der Waals surface area contributed by atoms with Gasteiger partial charge in [-0.05, 0) is 24.3 Å². The van der Waals surface area contributed by atoms with Crippen molar-refractivity contribution in [1.82, 2.24) is 4.90 Å². The Morgan fingerprint density at radius 1 is 1.41 bits per heavy atom. The van der Waals surface area contributed by atoms with E-state index in [0.29, 0.717) is 5.69 Å². The molecule has 9 heteroatoms. The first kappa shape index (κ1) is 18.0. The Morgan fingerprint density at radius 3 is 2.55 bits per heavy atom. The zero-order chi connectivity index (χ0) is 16.9. The molecule has 120 valence electrons. The second-order valence-corrected chi connectivity index (χ2v) is 6.67. The molecule has 0 atom stereocenters. The SMILES string of the molecule is C=CC(=O)N(C)CC(=O)Nc1ccc(NS(C)(=O)=O)cc1Cl. The lowest BCUT2D eigenvalue weighted by molar-refractivity contribution is -0.129. The predicted octanol–water partition coefficient (Wildman–Crippen LogP) is 1.29. The Kier molecular flexibility index (Phi) is 5.95. The Labute approximate surface area is 134 Å². The highest BCUT2D eigenvalue weighted by atomic mass is 35.5. The fourth-order valence-electron chi connectivity index (χ4n) is 1.53. The standard InChI is InChI=1S/C13H16ClN3O4S/c1-4-13(19)17(2)8-12(18)15-11-6-5-9(7-10(11)14)16-22(3,20)21/h4-7,16H,1,8H2,2-3H3,(H,15,18). The van der Waals surface area contributed by atoms with Gasteiger partial charge in [0.05, 0.1) is 29.2 Å². The molecule has 0 spiro atoms. The lowest BCUT2D eigenvalue weighted by Gasteiger charge is -2.15. The molecule has 0 aliphatic rings. The van der Waals surface area contributed by atoms with Crippen LogP contribution in [0.4, 0.5) is 11.4 Å². The summed E-state index contributed by atoms with van der Waals surface area (Å²) >= 11 is 5.98. The van der Waals surface area contributed by atoms with E-state index in [0.717, 1.165) is 12.3 Å². The lowest BCUT2D eigenvalue weighted by Crippen LogP contribution is -2.33. The van der Waals surface area contributed by atoms with Crippen molar-refractivity contribution in [2.24, 2.45) is 0 Å². The number of hydrogen-bond acceptors (Lipinski definition) is 4. The van der Waals surface area contributed by atoms with Gasteiger partial charge in [-0.2, -0.15) is 0 Å². The van der Waals surface area contributed by atoms with Gasteiger partial charge >= 0.3 is 0 Å². The molecule has 0 heterocycles. The molecule has 0 aromatic heterocycles. The van der Waals surface area contributed by atoms with Crippen LogP contribution in [0.3, 0.4) is 0 Å². The molecular weight excluding hydrogens is 330 g/mol. The Bertz CT molecular complexity index is 703. The van der Waals surface area contributed by atoms with Crippen molar-refractivity contribution in [2.75, 3.05) is 29.9 Å². The van der Waals surface area contributed by atoms with Gasteiger partial charge in [0.25, 0.3) is 0 Å². The molecule has 0 saturated carbocycles. The molecule has 1 aromatic rings. The zero-order valence-corrected chi connectivity index (χ0v) is 13.7. The van der Waals surface area contributed by atoms with Gasteiger partial charge in [-0.15, -0.1) is 0 Å². The van der Waals surface area contributed by atoms with Crippen LogP contribution in [0.25, 0.3) is 0 Å². The van der Waals surface area contributed by atoms with Gasteiger partial charge in [-0.3, -0.25) is 14.3 Å². The zero-order valence-electron chi connectivity index (χ0n) is 12.1. The summed E-state index contributed by atoms with van der Waals surface area (Å²) in [4.78, 5) is 24.3. The average molecular weight is 346 g/mol. The van der Waals surface area contributed by atoms with Crippen molar-refractivity contribution in [3.8, 4) is 0 Å². The molecule has 0 bridgehead atoms. The molecule has 0 unspecified atom stereocenters. The number of likely N-dealkylation sites (N-methyl/N-ethyl adjacent to an activating group) is 1. The molecule has 0 radical (unpaired) electrons. The monoisotopic (exact) mass is 345 g/mol. The van der Waals surface area contributed by atoms with E-state index in [-0.39, 0.29) is 23.2 Å². The number of amides is 2. The Morgan fingerprint density at radius 2 is 2.05 bits per heavy atom. The number of nitrogens with one attached hydrogen (secondary N) is 2. The number of anilines is 2. The van der Waals surface area contributed by atoms with Crippen molar-refractivity contribution < 1.29 is 18.0 Å². The quantitative estimate of drug-likeness (QED) is 0.759. The normalized spacial score (nSPS) is 10.7. The number of benzene rings is 1. The van der Waals surface area contributed by atoms with E-state index >= 15 is 0 Å². The van der Waals surface area contributed by atoms with Crippen LogP contribution >= 0.6 is 11.6 Å². The van der Waals surface area contributed by atoms with Crippen molar-refractivity contribution in [3.63, 3.8) is 0 Å². The smallest absolute Gasteiger partial charge is 0.246 e. The third-order valence-electron chi connectivity index (χ3n) is 2.48. The van der Waals surface area contributed by atoms with Crippen LogP contribution in [-0.4, -0.2) is 45.0 Å². The summed E-state index contributed by atoms with van der Waals surface area (Å²) in [5, 5.41) is 2.70. The first-order valence-electron chi connectivity index (χ1n) is 6.07. The highest BCUT2D eigenvalue weighted by molar-refractivity contribution is 7.92. The molecule has 1 rings (SSSR count). The van der Waals surface area contributed by atoms with Crippen LogP contribution in [-0.2, 0) is 19.6 Å². The average Bonchev–Trinajstić information content (AvgIpc) is 2.39. The fraction of sp³-hybridized carbons (Fsp3) is 0.231. The number of nitrogens with zero attached hydrogens (tertiary/aromatic N) is 1. The van der Waals surface area contributed by atoms with Gasteiger partial charge in [0.15, 0.2) is 0 Å². The Hall–Kier alpha value is -2.06. The van der Waals surface area contributed by atoms with E-state index in [1.54, 1.807) is 0 Å². The molecule has 0 saturated heterocycles. The van der Waals surface area contributed by atoms with Gasteiger partial charge in [-0.25, -0.2) is 8.42 Å². The molecule has 1 aromatic carbocycles. The van der Waals surface area contributed by atoms with E-state index in [9.17, 15) is 18.0 Å². The summed E-state index contributed by atoms with van der Waals surface area (Å²) in [5.74, 6) is -0.822. The van der Waals surface area contributed by atoms with E-state index in [1.807, 2.05) is 0 Å². The van der Waals surface area contributed by atoms with Crippen molar-refractivity contribution in [1.29, 1.82) is 0 Å². The van der Waals surface area contributed by atoms with E-state index in [2.05, 4.69) is 16.6 Å². The van der Waals surface area contributed by atoms with E-state index in [1.165, 1.54) is 30.1 Å². The van der Waals surface area contributed by atoms with Crippen molar-refractivity contribution in [2.45, 2.75) is 0 Å². The maximum Gasteiger partial charge on any atom is 0.246 e. The summed E-state index contributed by atoms with van der Waals surface area (Å²) in [6, 6.07) is 4.29. The van der Waals surface area contributed by atoms with Crippen LogP contribution in [0.5, 0.6) is 0 Å². The number of sulfonamides is 1. The van der Waals surface area contributed by atoms with Gasteiger partial charge in [0.1, 0.15) is 0 Å². The summed E-state index contributed by atoms with van der Waals surface area (Å²) in [6.07, 6.45) is 2.12. The number of halogens is 1. The molecule has 0 aliphatic carbocycles. The van der Waals surface area contributed by atoms with Gasteiger partial charge in [0.2, 0.25) is 21.8 Å². The summed E-state index contributed by atoms with van der Waals surface area (Å²) in [5.41, 5.74) is 0.592. The van der Waals surface area contributed by atoms with Crippen LogP contribution < -0.4 is 10.0 Å². The summed E-state index contributed by atoms with van der Waals surface area (Å²) < 4.78 is 24.5. The summed E-state index contributed by atoms with van der Waals surface area (Å²) in [7, 11) is -1.95. The fourth-order valence-corrected chi connectivity index (χ4v) is 2.32. The molecule has 0 fully saturated rings. The second-order valence-electron chi connectivity index (χ2n) is 4.52. The van der Waals surface area contributed by atoms with Gasteiger partial charge in [0, 0.05) is 7.05 Å². The number of rotatable bonds is 6. The number of carbonyl (C=O) groups is 2. The van der Waals surface area contributed by atoms with Gasteiger partial charge < -0.3 is 10.2 Å². The molecule has 0 aliphatic heterocycles. The van der Waals surface area contributed by atoms with E-state index < -0.39 is 15.9 Å². The maximum atomic E-state index is 11.8. The highest BCUT2D eigenvalue weighted by Gasteiger charge is 2.12. The number of hydrogen-bond donors (Lipinski definition) is 2. The van der Waals surface area contributed by atoms with Crippen LogP contribution in [0.15, 0.2) is 30.9 Å². The van der Waals surface area contributed by atoms with Crippen LogP contribution in [0.2, 0.25) is 5.02 Å². The van der Waals surface area contributed by atoms with E-state index in [4.69, 9.17) is 11.6 Å². The molecule has 7 nitrogen and oxygen atoms in total. The lowest BCUT2D eigenvalue weighted by atomic mass is 10.3. The third kappa shape index (κ3) is 5.74. The third-order valence-corrected chi connectivity index (χ3v) is 3.40. The molecular formula is C13H16ClN3O4S. The van der Waals surface area contributed by atoms with Gasteiger partial charge in [-0.1, -0.05) is 18.2 Å². The number of carbonyl (C=O) groups excluding carboxylic acids is 2. The molecule has 22 heavy (non-hydrogen) atoms. The van der Waals surface area contributed by atoms with Crippen LogP contribution in [0, 0.1) is 0 Å². The summed E-state index contributed by atoms with van der Waals surface area (Å²) in [6.45, 7) is 3.16. The first-order chi connectivity index (χ1) is 10.1. The van der Waals surface area contributed by atoms with Crippen LogP contribution in [0.1, 0.15) is 0 Å². The molecule has 2 amide bonds. The van der Waals surface area contributed by atoms with Crippen molar-refractivity contribution >= 4 is 44.8 Å². The Balaban J connectivity index is 2.76. The first-order valence-corrected chi connectivity index (χ1v) is 8.34. The minimum Gasteiger partial charge on any atom is -0.333 e. The maximum absolute atomic E-state index is 11.8. The predicted molar refractivity (Wildman–Crippen MR) is 86.4 cm³/mol. The topological polar surface area (TPSA) is 95.6 Å².